The molecule has 0 bridgehead atoms. The summed E-state index contributed by atoms with van der Waals surface area (Å²) >= 11 is 0. The van der Waals surface area contributed by atoms with E-state index in [4.69, 9.17) is 29.2 Å². The topological polar surface area (TPSA) is 280 Å². The summed E-state index contributed by atoms with van der Waals surface area (Å²) in [6, 6.07) is 0. The van der Waals surface area contributed by atoms with Gasteiger partial charge in [-0.05, 0) is 0 Å². The summed E-state index contributed by atoms with van der Waals surface area (Å²) in [5.41, 5.74) is 0. The molecule has 0 aromatic heterocycles. The van der Waals surface area contributed by atoms with E-state index in [0.29, 0.717) is 0 Å². The van der Waals surface area contributed by atoms with Gasteiger partial charge in [-0.2, -0.15) is 0 Å². The van der Waals surface area contributed by atoms with E-state index in [1.165, 1.54) is 0 Å². The second-order valence-electron chi connectivity index (χ2n) is 8.18. The summed E-state index contributed by atoms with van der Waals surface area (Å²) in [6.45, 7) is -2.98. The molecular weight excluding hydrogens is 472 g/mol. The van der Waals surface area contributed by atoms with E-state index < -0.39 is 112 Å². The minimum Gasteiger partial charge on any atom is -0.394 e. The van der Waals surface area contributed by atoms with Crippen LogP contribution < -0.4 is 0 Å². The molecule has 0 saturated carbocycles. The molecule has 0 radical (unpaired) electrons. The van der Waals surface area contributed by atoms with Crippen LogP contribution >= 0.6 is 0 Å². The Balaban J connectivity index is 1.84. The lowest BCUT2D eigenvalue weighted by molar-refractivity contribution is -0.309. The highest BCUT2D eigenvalue weighted by Gasteiger charge is 2.46. The fraction of sp³-hybridized carbons (Fsp3) is 1.00. The van der Waals surface area contributed by atoms with Crippen molar-refractivity contribution in [1.82, 2.24) is 0 Å². The molecule has 0 aromatic carbocycles. The Morgan fingerprint density at radius 2 is 0.853 bits per heavy atom. The molecule has 2 saturated heterocycles. The van der Waals surface area contributed by atoms with Gasteiger partial charge in [0.25, 0.3) is 0 Å². The van der Waals surface area contributed by atoms with Crippen LogP contribution in [0.2, 0.25) is 0 Å². The van der Waals surface area contributed by atoms with Crippen LogP contribution in [0.3, 0.4) is 0 Å². The molecule has 2 fully saturated rings. The highest BCUT2D eigenvalue weighted by atomic mass is 16.7. The molecule has 12 N–H and O–H groups in total. The second kappa shape index (κ2) is 13.1. The zero-order valence-electron chi connectivity index (χ0n) is 17.9. The Bertz CT molecular complexity index is 544. The number of aliphatic hydroxyl groups excluding tert-OH is 12. The Labute approximate surface area is 193 Å². The van der Waals surface area contributed by atoms with Gasteiger partial charge in [0.05, 0.1) is 26.4 Å². The molecule has 2 heterocycles. The molecule has 2 aliphatic heterocycles. The summed E-state index contributed by atoms with van der Waals surface area (Å²) in [5, 5.41) is 117. The molecule has 202 valence electrons. The van der Waals surface area contributed by atoms with Gasteiger partial charge < -0.3 is 80.2 Å². The average Bonchev–Trinajstić information content (AvgIpc) is 2.83. The summed E-state index contributed by atoms with van der Waals surface area (Å²) in [7, 11) is 0. The first kappa shape index (κ1) is 29.6. The molecular formula is C18H34O16. The van der Waals surface area contributed by atoms with E-state index in [2.05, 4.69) is 0 Å². The van der Waals surface area contributed by atoms with Gasteiger partial charge in [-0.15, -0.1) is 0 Å². The van der Waals surface area contributed by atoms with E-state index in [1.807, 2.05) is 0 Å². The molecule has 2 rings (SSSR count). The molecule has 0 spiro atoms. The molecule has 16 nitrogen and oxygen atoms in total. The van der Waals surface area contributed by atoms with Gasteiger partial charge in [0.2, 0.25) is 0 Å². The van der Waals surface area contributed by atoms with Crippen LogP contribution in [0.1, 0.15) is 0 Å². The Morgan fingerprint density at radius 1 is 0.529 bits per heavy atom. The van der Waals surface area contributed by atoms with Crippen molar-refractivity contribution in [3.63, 3.8) is 0 Å². The van der Waals surface area contributed by atoms with Crippen LogP contribution in [0, 0.1) is 0 Å². The average molecular weight is 506 g/mol. The van der Waals surface area contributed by atoms with Crippen molar-refractivity contribution in [2.75, 3.05) is 26.4 Å². The van der Waals surface area contributed by atoms with Crippen molar-refractivity contribution >= 4 is 0 Å². The molecule has 0 unspecified atom stereocenters. The minimum absolute atomic E-state index is 0.713. The number of aliphatic hydroxyl groups is 12. The lowest BCUT2D eigenvalue weighted by atomic mass is 9.99. The van der Waals surface area contributed by atoms with E-state index in [9.17, 15) is 51.1 Å². The molecule has 14 atom stereocenters. The van der Waals surface area contributed by atoms with Gasteiger partial charge in [0.1, 0.15) is 73.2 Å². The second-order valence-corrected chi connectivity index (χ2v) is 8.18. The lowest BCUT2D eigenvalue weighted by Crippen LogP contribution is -2.60. The van der Waals surface area contributed by atoms with Crippen LogP contribution in [0.25, 0.3) is 0 Å². The first-order valence-corrected chi connectivity index (χ1v) is 10.5. The third kappa shape index (κ3) is 6.77. The van der Waals surface area contributed by atoms with Crippen molar-refractivity contribution in [2.24, 2.45) is 0 Å². The van der Waals surface area contributed by atoms with Gasteiger partial charge in [-0.25, -0.2) is 0 Å². The maximum Gasteiger partial charge on any atom is 0.186 e. The SMILES string of the molecule is OC[C@H]1O[C@@H](OC[C@@H](O)[C@H](O)[C@H](O)[C@@H](O)CO[C@@H]2O[C@H](CO)[C@@H](O)[C@H](O)[C@H]2O)[C@H](O)[C@@H](O)[C@@H]1O. The van der Waals surface area contributed by atoms with Crippen LogP contribution in [-0.4, -0.2) is 174 Å². The Morgan fingerprint density at radius 3 is 1.15 bits per heavy atom. The maximum absolute atomic E-state index is 10.1. The summed E-state index contributed by atoms with van der Waals surface area (Å²) < 4.78 is 20.3. The lowest BCUT2D eigenvalue weighted by Gasteiger charge is -2.40. The highest BCUT2D eigenvalue weighted by Crippen LogP contribution is 2.24. The number of rotatable bonds is 11. The van der Waals surface area contributed by atoms with Crippen molar-refractivity contribution < 1.29 is 80.2 Å². The summed E-state index contributed by atoms with van der Waals surface area (Å²) in [6.07, 6.45) is -23.8. The summed E-state index contributed by atoms with van der Waals surface area (Å²) in [5.74, 6) is 0. The third-order valence-corrected chi connectivity index (χ3v) is 5.70. The van der Waals surface area contributed by atoms with Crippen molar-refractivity contribution in [3.05, 3.63) is 0 Å². The summed E-state index contributed by atoms with van der Waals surface area (Å²) in [4.78, 5) is 0. The van der Waals surface area contributed by atoms with E-state index in [-0.39, 0.29) is 0 Å². The quantitative estimate of drug-likeness (QED) is 0.124. The monoisotopic (exact) mass is 506 g/mol. The predicted octanol–water partition coefficient (Wildman–Crippen LogP) is -7.94. The van der Waals surface area contributed by atoms with E-state index in [1.54, 1.807) is 0 Å². The molecule has 34 heavy (non-hydrogen) atoms. The minimum atomic E-state index is -2.03. The van der Waals surface area contributed by atoms with Crippen molar-refractivity contribution in [2.45, 2.75) is 85.8 Å². The molecule has 2 aliphatic rings. The first-order chi connectivity index (χ1) is 15.9. The maximum atomic E-state index is 10.1. The van der Waals surface area contributed by atoms with Crippen LogP contribution in [0.4, 0.5) is 0 Å². The van der Waals surface area contributed by atoms with Crippen LogP contribution in [-0.2, 0) is 18.9 Å². The van der Waals surface area contributed by atoms with E-state index >= 15 is 0 Å². The zero-order valence-corrected chi connectivity index (χ0v) is 17.9. The molecule has 0 aliphatic carbocycles. The molecule has 0 amide bonds. The number of hydrogen-bond acceptors (Lipinski definition) is 16. The van der Waals surface area contributed by atoms with Gasteiger partial charge >= 0.3 is 0 Å². The normalized spacial score (nSPS) is 42.7. The van der Waals surface area contributed by atoms with Crippen molar-refractivity contribution in [1.29, 1.82) is 0 Å². The first-order valence-electron chi connectivity index (χ1n) is 10.5. The van der Waals surface area contributed by atoms with Gasteiger partial charge in [-0.1, -0.05) is 0 Å². The van der Waals surface area contributed by atoms with Crippen molar-refractivity contribution in [3.8, 4) is 0 Å². The Hall–Kier alpha value is -0.640. The fourth-order valence-corrected chi connectivity index (χ4v) is 3.45. The molecule has 0 aromatic rings. The third-order valence-electron chi connectivity index (χ3n) is 5.70. The smallest absolute Gasteiger partial charge is 0.186 e. The fourth-order valence-electron chi connectivity index (χ4n) is 3.45. The largest absolute Gasteiger partial charge is 0.394 e. The van der Waals surface area contributed by atoms with E-state index in [0.717, 1.165) is 0 Å². The van der Waals surface area contributed by atoms with Gasteiger partial charge in [0.15, 0.2) is 12.6 Å². The van der Waals surface area contributed by atoms with Crippen LogP contribution in [0.15, 0.2) is 0 Å². The number of ether oxygens (including phenoxy) is 4. The molecule has 16 heteroatoms. The predicted molar refractivity (Wildman–Crippen MR) is 103 cm³/mol. The van der Waals surface area contributed by atoms with Gasteiger partial charge in [-0.3, -0.25) is 0 Å². The number of hydrogen-bond donors (Lipinski definition) is 12. The Kier molecular flexibility index (Phi) is 11.4. The standard InChI is InChI=1S/C18H34O16/c19-1-7-11(25)13(27)15(29)17(33-7)31-3-5(21)9(23)10(24)6(22)4-32-18-16(30)14(28)12(26)8(2-20)34-18/h5-30H,1-4H2/t5-,6+,7-,8-,9+,10-,11-,12-,13+,14+,15-,16-,17-,18-/m1/s1. The van der Waals surface area contributed by atoms with Gasteiger partial charge in [0, 0.05) is 0 Å². The van der Waals surface area contributed by atoms with Crippen LogP contribution in [0.5, 0.6) is 0 Å². The highest BCUT2D eigenvalue weighted by molar-refractivity contribution is 4.90. The zero-order chi connectivity index (χ0) is 25.7.